The number of allylic oxidation sites excluding steroid dienone is 2. The molecule has 1 heterocycles. The number of amides is 3. The number of anilines is 2. The Morgan fingerprint density at radius 3 is 2.17 bits per heavy atom. The summed E-state index contributed by atoms with van der Waals surface area (Å²) in [6.45, 7) is 1.97. The molecule has 4 aliphatic carbocycles. The highest BCUT2D eigenvalue weighted by atomic mass is 16.2. The molecule has 0 aromatic heterocycles. The van der Waals surface area contributed by atoms with Crippen LogP contribution in [0.25, 0.3) is 0 Å². The second-order valence-electron chi connectivity index (χ2n) is 9.04. The van der Waals surface area contributed by atoms with Crippen LogP contribution in [0.15, 0.2) is 60.7 Å². The van der Waals surface area contributed by atoms with Crippen molar-refractivity contribution in [1.29, 1.82) is 0 Å². The van der Waals surface area contributed by atoms with E-state index in [1.54, 1.807) is 24.3 Å². The average molecular weight is 398 g/mol. The van der Waals surface area contributed by atoms with E-state index in [9.17, 15) is 14.4 Å². The van der Waals surface area contributed by atoms with Crippen molar-refractivity contribution < 1.29 is 14.4 Å². The van der Waals surface area contributed by atoms with Crippen molar-refractivity contribution in [2.45, 2.75) is 13.3 Å². The van der Waals surface area contributed by atoms with Crippen molar-refractivity contribution in [2.75, 3.05) is 10.2 Å². The maximum atomic E-state index is 13.2. The van der Waals surface area contributed by atoms with Crippen LogP contribution < -0.4 is 10.2 Å². The van der Waals surface area contributed by atoms with Crippen molar-refractivity contribution in [3.63, 3.8) is 0 Å². The minimum absolute atomic E-state index is 0.0772. The maximum absolute atomic E-state index is 13.2. The van der Waals surface area contributed by atoms with Crippen molar-refractivity contribution in [2.24, 2.45) is 35.5 Å². The highest BCUT2D eigenvalue weighted by Crippen LogP contribution is 2.65. The summed E-state index contributed by atoms with van der Waals surface area (Å²) in [5, 5.41) is 2.88. The van der Waals surface area contributed by atoms with E-state index in [1.165, 1.54) is 4.90 Å². The molecule has 1 aliphatic heterocycles. The minimum atomic E-state index is -0.220. The van der Waals surface area contributed by atoms with Crippen LogP contribution in [0.3, 0.4) is 0 Å². The Morgan fingerprint density at radius 1 is 0.933 bits per heavy atom. The standard InChI is InChI=1S/C25H22N2O3/c1-13-3-2-4-15(11-13)26-23(28)14-5-7-16(8-6-14)27-24(29)21-17-9-10-18(20-12-19(17)20)22(21)25(27)30/h2-11,17-22H,12H2,1H3,(H,26,28)/t17-,18-,19-,20+,21-,22+/m0/s1. The normalized spacial score (nSPS) is 32.8. The van der Waals surface area contributed by atoms with E-state index in [-0.39, 0.29) is 41.4 Å². The molecule has 2 aromatic carbocycles. The van der Waals surface area contributed by atoms with Crippen LogP contribution in [0.2, 0.25) is 0 Å². The lowest BCUT2D eigenvalue weighted by molar-refractivity contribution is -0.124. The van der Waals surface area contributed by atoms with Gasteiger partial charge in [0.2, 0.25) is 11.8 Å². The summed E-state index contributed by atoms with van der Waals surface area (Å²) in [6, 6.07) is 14.4. The van der Waals surface area contributed by atoms with Gasteiger partial charge in [0, 0.05) is 11.3 Å². The van der Waals surface area contributed by atoms with E-state index in [0.717, 1.165) is 17.7 Å². The fraction of sp³-hybridized carbons (Fsp3) is 0.320. The van der Waals surface area contributed by atoms with E-state index >= 15 is 0 Å². The number of carbonyl (C=O) groups is 3. The van der Waals surface area contributed by atoms with Crippen molar-refractivity contribution >= 4 is 29.1 Å². The molecule has 6 atom stereocenters. The molecule has 7 rings (SSSR count). The first kappa shape index (κ1) is 17.6. The third kappa shape index (κ3) is 2.44. The van der Waals surface area contributed by atoms with Gasteiger partial charge in [0.25, 0.3) is 5.91 Å². The number of hydrogen-bond acceptors (Lipinski definition) is 3. The van der Waals surface area contributed by atoms with Crippen LogP contribution >= 0.6 is 0 Å². The molecule has 0 unspecified atom stereocenters. The van der Waals surface area contributed by atoms with Crippen LogP contribution in [0, 0.1) is 42.4 Å². The minimum Gasteiger partial charge on any atom is -0.322 e. The summed E-state index contributed by atoms with van der Waals surface area (Å²) < 4.78 is 0. The fourth-order valence-electron chi connectivity index (χ4n) is 5.90. The molecule has 3 fully saturated rings. The van der Waals surface area contributed by atoms with E-state index < -0.39 is 0 Å². The highest BCUT2D eigenvalue weighted by Gasteiger charge is 2.67. The number of nitrogens with zero attached hydrogens (tertiary/aromatic N) is 1. The summed E-state index contributed by atoms with van der Waals surface area (Å²) in [5.74, 6) is 0.814. The molecule has 1 N–H and O–H groups in total. The lowest BCUT2D eigenvalue weighted by atomic mass is 9.63. The van der Waals surface area contributed by atoms with Crippen LogP contribution in [0.4, 0.5) is 11.4 Å². The second kappa shape index (κ2) is 6.14. The largest absolute Gasteiger partial charge is 0.322 e. The number of hydrogen-bond donors (Lipinski definition) is 1. The first-order chi connectivity index (χ1) is 14.5. The van der Waals surface area contributed by atoms with Gasteiger partial charge in [-0.3, -0.25) is 19.3 Å². The van der Waals surface area contributed by atoms with Crippen molar-refractivity contribution in [3.05, 3.63) is 71.8 Å². The summed E-state index contributed by atoms with van der Waals surface area (Å²) in [5.41, 5.74) is 2.84. The topological polar surface area (TPSA) is 66.5 Å². The number of nitrogens with one attached hydrogen (secondary N) is 1. The van der Waals surface area contributed by atoms with Gasteiger partial charge in [0.15, 0.2) is 0 Å². The molecule has 0 radical (unpaired) electrons. The first-order valence-corrected chi connectivity index (χ1v) is 10.6. The summed E-state index contributed by atoms with van der Waals surface area (Å²) >= 11 is 0. The molecule has 0 spiro atoms. The lowest BCUT2D eigenvalue weighted by Gasteiger charge is -2.37. The summed E-state index contributed by atoms with van der Waals surface area (Å²) in [6.07, 6.45) is 5.50. The SMILES string of the molecule is Cc1cccc(NC(=O)c2ccc(N3C(=O)[C@@H]4[C@H]5C=C[C@@H]([C@@H]6C[C@H]56)[C@@H]4C3=O)cc2)c1. The van der Waals surface area contributed by atoms with Gasteiger partial charge < -0.3 is 5.32 Å². The molecule has 3 amide bonds. The van der Waals surface area contributed by atoms with Crippen molar-refractivity contribution in [3.8, 4) is 0 Å². The van der Waals surface area contributed by atoms with E-state index in [2.05, 4.69) is 17.5 Å². The van der Waals surface area contributed by atoms with Gasteiger partial charge in [-0.05, 0) is 79.0 Å². The number of carbonyl (C=O) groups excluding carboxylic acids is 3. The van der Waals surface area contributed by atoms with Crippen LogP contribution in [0.5, 0.6) is 0 Å². The molecule has 2 aromatic rings. The smallest absolute Gasteiger partial charge is 0.255 e. The summed E-state index contributed by atoms with van der Waals surface area (Å²) in [4.78, 5) is 40.3. The van der Waals surface area contributed by atoms with Crippen LogP contribution in [0.1, 0.15) is 22.3 Å². The molecule has 1 saturated heterocycles. The van der Waals surface area contributed by atoms with Gasteiger partial charge in [0.1, 0.15) is 0 Å². The Hall–Kier alpha value is -3.21. The zero-order valence-electron chi connectivity index (χ0n) is 16.6. The van der Waals surface area contributed by atoms with Gasteiger partial charge in [0.05, 0.1) is 17.5 Å². The number of imide groups is 1. The number of rotatable bonds is 3. The quantitative estimate of drug-likeness (QED) is 0.632. The number of aryl methyl sites for hydroxylation is 1. The Kier molecular flexibility index (Phi) is 3.61. The predicted molar refractivity (Wildman–Crippen MR) is 113 cm³/mol. The molecule has 150 valence electrons. The molecule has 2 bridgehead atoms. The van der Waals surface area contributed by atoms with Crippen molar-refractivity contribution in [1.82, 2.24) is 0 Å². The van der Waals surface area contributed by atoms with Gasteiger partial charge in [-0.1, -0.05) is 24.3 Å². The van der Waals surface area contributed by atoms with Gasteiger partial charge in [-0.2, -0.15) is 0 Å². The van der Waals surface area contributed by atoms with E-state index in [0.29, 0.717) is 23.1 Å². The van der Waals surface area contributed by atoms with Gasteiger partial charge >= 0.3 is 0 Å². The lowest BCUT2D eigenvalue weighted by Crippen LogP contribution is -2.40. The van der Waals surface area contributed by atoms with Crippen LogP contribution in [-0.4, -0.2) is 17.7 Å². The Bertz CT molecular complexity index is 1080. The Labute approximate surface area is 174 Å². The molecule has 5 nitrogen and oxygen atoms in total. The Balaban J connectivity index is 1.23. The first-order valence-electron chi connectivity index (χ1n) is 10.6. The van der Waals surface area contributed by atoms with E-state index in [4.69, 9.17) is 0 Å². The fourth-order valence-corrected chi connectivity index (χ4v) is 5.90. The number of benzene rings is 2. The molecular weight excluding hydrogens is 376 g/mol. The monoisotopic (exact) mass is 398 g/mol. The molecule has 30 heavy (non-hydrogen) atoms. The third-order valence-corrected chi connectivity index (χ3v) is 7.33. The molecule has 2 saturated carbocycles. The second-order valence-corrected chi connectivity index (χ2v) is 9.04. The van der Waals surface area contributed by atoms with Gasteiger partial charge in [-0.15, -0.1) is 0 Å². The Morgan fingerprint density at radius 2 is 1.57 bits per heavy atom. The summed E-state index contributed by atoms with van der Waals surface area (Å²) in [7, 11) is 0. The third-order valence-electron chi connectivity index (χ3n) is 7.33. The molecule has 5 aliphatic rings. The molecular formula is C25H22N2O3. The zero-order valence-corrected chi connectivity index (χ0v) is 16.6. The van der Waals surface area contributed by atoms with E-state index in [1.807, 2.05) is 31.2 Å². The average Bonchev–Trinajstić information content (AvgIpc) is 3.52. The molecule has 5 heteroatoms. The predicted octanol–water partition coefficient (Wildman–Crippen LogP) is 3.80. The maximum Gasteiger partial charge on any atom is 0.255 e. The zero-order chi connectivity index (χ0) is 20.6. The van der Waals surface area contributed by atoms with Gasteiger partial charge in [-0.25, -0.2) is 0 Å². The highest BCUT2D eigenvalue weighted by molar-refractivity contribution is 6.22. The van der Waals surface area contributed by atoms with Crippen LogP contribution in [-0.2, 0) is 9.59 Å².